The van der Waals surface area contributed by atoms with E-state index in [9.17, 15) is 4.39 Å². The Morgan fingerprint density at radius 3 is 2.26 bits per heavy atom. The lowest BCUT2D eigenvalue weighted by atomic mass is 9.95. The van der Waals surface area contributed by atoms with Crippen molar-refractivity contribution in [2.75, 3.05) is 0 Å². The second-order valence-corrected chi connectivity index (χ2v) is 5.92. The number of nitrogens with two attached hydrogens (primary N) is 1. The van der Waals surface area contributed by atoms with Gasteiger partial charge in [0.2, 0.25) is 0 Å². The second-order valence-electron chi connectivity index (χ2n) is 5.46. The molecule has 23 heavy (non-hydrogen) atoms. The number of allylic oxidation sites excluding steroid dienone is 5. The molecule has 0 saturated carbocycles. The molecule has 1 rings (SSSR count). The van der Waals surface area contributed by atoms with Gasteiger partial charge in [0.05, 0.1) is 27.7 Å². The SMILES string of the molecule is C=C/C(=C\C(F)=C/C)c1nc(C(=C)Cl)c(C=C)nc1C(C)(C)N. The summed E-state index contributed by atoms with van der Waals surface area (Å²) in [5, 5.41) is 0.213. The van der Waals surface area contributed by atoms with Crippen LogP contribution in [0.15, 0.2) is 43.8 Å². The second kappa shape index (κ2) is 7.49. The van der Waals surface area contributed by atoms with Crippen LogP contribution >= 0.6 is 11.6 Å². The average Bonchev–Trinajstić information content (AvgIpc) is 2.49. The minimum Gasteiger partial charge on any atom is -0.321 e. The third kappa shape index (κ3) is 4.47. The van der Waals surface area contributed by atoms with Crippen LogP contribution < -0.4 is 5.73 Å². The van der Waals surface area contributed by atoms with Gasteiger partial charge in [0, 0.05) is 5.57 Å². The van der Waals surface area contributed by atoms with E-state index in [-0.39, 0.29) is 5.03 Å². The van der Waals surface area contributed by atoms with Gasteiger partial charge in [-0.1, -0.05) is 43.5 Å². The predicted octanol–water partition coefficient (Wildman–Crippen LogP) is 4.97. The van der Waals surface area contributed by atoms with Crippen molar-refractivity contribution in [3.05, 3.63) is 66.6 Å². The molecule has 0 amide bonds. The summed E-state index contributed by atoms with van der Waals surface area (Å²) in [5.74, 6) is -0.415. The highest BCUT2D eigenvalue weighted by Gasteiger charge is 2.25. The first kappa shape index (κ1) is 19.0. The zero-order valence-electron chi connectivity index (χ0n) is 13.7. The standard InChI is InChI=1S/C18H21ClFN3/c1-7-12(10-13(20)8-2)16-17(18(5,6)21)22-14(9-3)15(23-16)11(4)19/h7-10H,1,3-4,21H2,2,5-6H3/b12-10+,13-8+. The summed E-state index contributed by atoms with van der Waals surface area (Å²) in [6.07, 6.45) is 5.68. The fourth-order valence-electron chi connectivity index (χ4n) is 1.90. The number of rotatable bonds is 6. The predicted molar refractivity (Wildman–Crippen MR) is 97.3 cm³/mol. The Kier molecular flexibility index (Phi) is 6.19. The Bertz CT molecular complexity index is 710. The Morgan fingerprint density at radius 2 is 1.87 bits per heavy atom. The molecule has 0 aromatic carbocycles. The molecule has 0 saturated heterocycles. The van der Waals surface area contributed by atoms with Crippen LogP contribution in [0.25, 0.3) is 16.7 Å². The monoisotopic (exact) mass is 333 g/mol. The van der Waals surface area contributed by atoms with Crippen molar-refractivity contribution in [3.63, 3.8) is 0 Å². The summed E-state index contributed by atoms with van der Waals surface area (Å²) >= 11 is 6.00. The summed E-state index contributed by atoms with van der Waals surface area (Å²) < 4.78 is 13.7. The maximum absolute atomic E-state index is 13.7. The van der Waals surface area contributed by atoms with Crippen molar-refractivity contribution in [2.24, 2.45) is 5.73 Å². The van der Waals surface area contributed by atoms with E-state index in [0.29, 0.717) is 28.3 Å². The molecule has 0 aliphatic rings. The Morgan fingerprint density at radius 1 is 1.26 bits per heavy atom. The summed E-state index contributed by atoms with van der Waals surface area (Å²) in [5.41, 5.74) is 7.59. The molecule has 1 heterocycles. The first-order chi connectivity index (χ1) is 10.6. The number of hydrogen-bond acceptors (Lipinski definition) is 3. The summed E-state index contributed by atoms with van der Waals surface area (Å²) in [6.45, 7) is 16.3. The van der Waals surface area contributed by atoms with Crippen molar-refractivity contribution in [3.8, 4) is 0 Å². The van der Waals surface area contributed by atoms with E-state index in [1.807, 2.05) is 0 Å². The molecule has 1 aromatic heterocycles. The minimum atomic E-state index is -0.805. The van der Waals surface area contributed by atoms with E-state index in [4.69, 9.17) is 17.3 Å². The van der Waals surface area contributed by atoms with Gasteiger partial charge in [-0.15, -0.1) is 0 Å². The lowest BCUT2D eigenvalue weighted by molar-refractivity contribution is 0.529. The number of aromatic nitrogens is 2. The molecule has 5 heteroatoms. The summed E-state index contributed by atoms with van der Waals surface area (Å²) in [6, 6.07) is 0. The van der Waals surface area contributed by atoms with Crippen LogP contribution in [0.5, 0.6) is 0 Å². The summed E-state index contributed by atoms with van der Waals surface area (Å²) in [7, 11) is 0. The van der Waals surface area contributed by atoms with Crippen molar-refractivity contribution in [1.29, 1.82) is 0 Å². The quantitative estimate of drug-likeness (QED) is 0.748. The molecule has 122 valence electrons. The smallest absolute Gasteiger partial charge is 0.119 e. The van der Waals surface area contributed by atoms with Gasteiger partial charge in [-0.3, -0.25) is 0 Å². The molecule has 0 fully saturated rings. The Balaban J connectivity index is 3.83. The van der Waals surface area contributed by atoms with Gasteiger partial charge >= 0.3 is 0 Å². The van der Waals surface area contributed by atoms with Gasteiger partial charge in [-0.25, -0.2) is 14.4 Å². The van der Waals surface area contributed by atoms with E-state index in [0.717, 1.165) is 0 Å². The molecular weight excluding hydrogens is 313 g/mol. The molecular formula is C18H21ClFN3. The molecule has 3 nitrogen and oxygen atoms in total. The fraction of sp³-hybridized carbons (Fsp3) is 0.222. The van der Waals surface area contributed by atoms with Gasteiger partial charge in [0.25, 0.3) is 0 Å². The van der Waals surface area contributed by atoms with Crippen molar-refractivity contribution in [1.82, 2.24) is 9.97 Å². The van der Waals surface area contributed by atoms with E-state index in [1.54, 1.807) is 20.8 Å². The average molecular weight is 334 g/mol. The lowest BCUT2D eigenvalue weighted by Gasteiger charge is -2.23. The highest BCUT2D eigenvalue weighted by Crippen LogP contribution is 2.30. The molecule has 1 aromatic rings. The van der Waals surface area contributed by atoms with Crippen molar-refractivity contribution >= 4 is 28.3 Å². The molecule has 0 spiro atoms. The van der Waals surface area contributed by atoms with Gasteiger partial charge in [0.15, 0.2) is 0 Å². The minimum absolute atomic E-state index is 0.213. The normalized spacial score (nSPS) is 13.0. The zero-order valence-corrected chi connectivity index (χ0v) is 14.4. The van der Waals surface area contributed by atoms with Gasteiger partial charge in [-0.05, 0) is 32.9 Å². The highest BCUT2D eigenvalue weighted by molar-refractivity contribution is 6.48. The van der Waals surface area contributed by atoms with E-state index >= 15 is 0 Å². The lowest BCUT2D eigenvalue weighted by Crippen LogP contribution is -2.32. The molecule has 0 unspecified atom stereocenters. The molecule has 0 aliphatic carbocycles. The van der Waals surface area contributed by atoms with E-state index in [2.05, 4.69) is 29.7 Å². The van der Waals surface area contributed by atoms with Gasteiger partial charge < -0.3 is 5.73 Å². The van der Waals surface area contributed by atoms with Crippen LogP contribution in [0.1, 0.15) is 43.5 Å². The maximum Gasteiger partial charge on any atom is 0.119 e. The molecule has 0 radical (unpaired) electrons. The number of halogens is 2. The zero-order chi connectivity index (χ0) is 17.8. The molecule has 0 atom stereocenters. The molecule has 2 N–H and O–H groups in total. The first-order valence-electron chi connectivity index (χ1n) is 7.00. The van der Waals surface area contributed by atoms with Crippen LogP contribution in [0.2, 0.25) is 0 Å². The van der Waals surface area contributed by atoms with Crippen molar-refractivity contribution in [2.45, 2.75) is 26.3 Å². The third-order valence-electron chi connectivity index (χ3n) is 3.05. The number of nitrogens with zero attached hydrogens (tertiary/aromatic N) is 2. The number of hydrogen-bond donors (Lipinski definition) is 1. The Hall–Kier alpha value is -2.04. The first-order valence-corrected chi connectivity index (χ1v) is 7.38. The van der Waals surface area contributed by atoms with Gasteiger partial charge in [0.1, 0.15) is 11.5 Å². The van der Waals surface area contributed by atoms with Crippen LogP contribution in [-0.2, 0) is 5.54 Å². The largest absolute Gasteiger partial charge is 0.321 e. The topological polar surface area (TPSA) is 51.8 Å². The van der Waals surface area contributed by atoms with E-state index in [1.165, 1.54) is 24.3 Å². The van der Waals surface area contributed by atoms with Crippen LogP contribution in [0, 0.1) is 0 Å². The molecule has 0 aliphatic heterocycles. The van der Waals surface area contributed by atoms with Crippen LogP contribution in [0.4, 0.5) is 4.39 Å². The van der Waals surface area contributed by atoms with Gasteiger partial charge in [-0.2, -0.15) is 0 Å². The third-order valence-corrected chi connectivity index (χ3v) is 3.22. The van der Waals surface area contributed by atoms with Crippen LogP contribution in [0.3, 0.4) is 0 Å². The summed E-state index contributed by atoms with van der Waals surface area (Å²) in [4.78, 5) is 8.99. The van der Waals surface area contributed by atoms with E-state index < -0.39 is 11.4 Å². The van der Waals surface area contributed by atoms with Crippen molar-refractivity contribution < 1.29 is 4.39 Å². The Labute approximate surface area is 141 Å². The fourth-order valence-corrected chi connectivity index (χ4v) is 2.04. The molecule has 0 bridgehead atoms. The van der Waals surface area contributed by atoms with Crippen LogP contribution in [-0.4, -0.2) is 9.97 Å². The maximum atomic E-state index is 13.7. The highest BCUT2D eigenvalue weighted by atomic mass is 35.5.